The molecule has 2 amide bonds. The number of hydrogen-bond donors (Lipinski definition) is 2. The Morgan fingerprint density at radius 2 is 0.955 bits per heavy atom. The summed E-state index contributed by atoms with van der Waals surface area (Å²) in [6, 6.07) is 19.4. The van der Waals surface area contributed by atoms with Gasteiger partial charge in [0, 0.05) is 11.8 Å². The van der Waals surface area contributed by atoms with Gasteiger partial charge < -0.3 is 11.5 Å². The zero-order valence-corrected chi connectivity index (χ0v) is 12.1. The van der Waals surface area contributed by atoms with Gasteiger partial charge in [-0.3, -0.25) is 9.59 Å². The average Bonchev–Trinajstić information content (AvgIpc) is 2.47. The van der Waals surface area contributed by atoms with Crippen molar-refractivity contribution in [2.45, 2.75) is 11.8 Å². The van der Waals surface area contributed by atoms with E-state index in [1.165, 1.54) is 0 Å². The summed E-state index contributed by atoms with van der Waals surface area (Å²) in [7, 11) is 0. The summed E-state index contributed by atoms with van der Waals surface area (Å²) < 4.78 is 0. The zero-order chi connectivity index (χ0) is 15.7. The second-order valence-electron chi connectivity index (χ2n) is 5.73. The number of primary amides is 2. The topological polar surface area (TPSA) is 86.2 Å². The van der Waals surface area contributed by atoms with Gasteiger partial charge in [0.15, 0.2) is 0 Å². The summed E-state index contributed by atoms with van der Waals surface area (Å²) >= 11 is 0. The predicted octanol–water partition coefficient (Wildman–Crippen LogP) is 1.77. The van der Waals surface area contributed by atoms with Crippen LogP contribution in [-0.4, -0.2) is 11.8 Å². The molecule has 0 saturated heterocycles. The fourth-order valence-electron chi connectivity index (χ4n) is 3.64. The minimum Gasteiger partial charge on any atom is -0.369 e. The van der Waals surface area contributed by atoms with E-state index in [1.54, 1.807) is 0 Å². The van der Waals surface area contributed by atoms with E-state index in [9.17, 15) is 9.59 Å². The van der Waals surface area contributed by atoms with Crippen LogP contribution in [-0.2, 0) is 9.59 Å². The summed E-state index contributed by atoms with van der Waals surface area (Å²) in [6.07, 6.45) is 0. The Labute approximate surface area is 129 Å². The van der Waals surface area contributed by atoms with Crippen LogP contribution in [0.15, 0.2) is 60.7 Å². The third kappa shape index (κ3) is 2.26. The lowest BCUT2D eigenvalue weighted by Gasteiger charge is -2.49. The molecule has 0 heterocycles. The smallest absolute Gasteiger partial charge is 0.222 e. The molecule has 1 saturated carbocycles. The van der Waals surface area contributed by atoms with E-state index < -0.39 is 23.7 Å². The summed E-state index contributed by atoms with van der Waals surface area (Å²) in [5.74, 6) is -2.26. The van der Waals surface area contributed by atoms with Gasteiger partial charge in [-0.1, -0.05) is 60.7 Å². The normalized spacial score (nSPS) is 26.9. The molecular weight excluding hydrogens is 276 g/mol. The molecule has 112 valence electrons. The van der Waals surface area contributed by atoms with E-state index in [4.69, 9.17) is 11.5 Å². The first-order chi connectivity index (χ1) is 10.6. The minimum absolute atomic E-state index is 0.112. The predicted molar refractivity (Wildman–Crippen MR) is 83.7 cm³/mol. The average molecular weight is 294 g/mol. The zero-order valence-electron chi connectivity index (χ0n) is 12.1. The summed E-state index contributed by atoms with van der Waals surface area (Å²) in [5.41, 5.74) is 13.1. The molecule has 4 nitrogen and oxygen atoms in total. The molecule has 4 atom stereocenters. The van der Waals surface area contributed by atoms with Gasteiger partial charge in [-0.15, -0.1) is 0 Å². The number of amides is 2. The van der Waals surface area contributed by atoms with Crippen LogP contribution in [0.4, 0.5) is 0 Å². The lowest BCUT2D eigenvalue weighted by Crippen LogP contribution is -2.55. The maximum atomic E-state index is 11.9. The van der Waals surface area contributed by atoms with E-state index in [0.717, 1.165) is 11.1 Å². The molecular formula is C18H18N2O2. The van der Waals surface area contributed by atoms with Crippen molar-refractivity contribution in [1.82, 2.24) is 0 Å². The highest BCUT2D eigenvalue weighted by atomic mass is 16.2. The third-order valence-corrected chi connectivity index (χ3v) is 4.57. The molecule has 1 fully saturated rings. The first-order valence-corrected chi connectivity index (χ1v) is 7.29. The van der Waals surface area contributed by atoms with Gasteiger partial charge in [-0.25, -0.2) is 0 Å². The van der Waals surface area contributed by atoms with Gasteiger partial charge in [0.05, 0.1) is 11.8 Å². The number of carbonyl (C=O) groups is 2. The number of rotatable bonds is 4. The van der Waals surface area contributed by atoms with E-state index in [2.05, 4.69) is 0 Å². The van der Waals surface area contributed by atoms with Crippen molar-refractivity contribution in [2.75, 3.05) is 0 Å². The van der Waals surface area contributed by atoms with Crippen LogP contribution < -0.4 is 11.5 Å². The molecule has 3 rings (SSSR count). The highest BCUT2D eigenvalue weighted by Crippen LogP contribution is 2.57. The van der Waals surface area contributed by atoms with Crippen LogP contribution in [0, 0.1) is 11.8 Å². The maximum Gasteiger partial charge on any atom is 0.222 e. The van der Waals surface area contributed by atoms with Crippen LogP contribution in [0.1, 0.15) is 23.0 Å². The van der Waals surface area contributed by atoms with Gasteiger partial charge in [-0.05, 0) is 11.1 Å². The van der Waals surface area contributed by atoms with E-state index in [1.807, 2.05) is 60.7 Å². The quantitative estimate of drug-likeness (QED) is 0.900. The van der Waals surface area contributed by atoms with Crippen LogP contribution in [0.5, 0.6) is 0 Å². The second-order valence-corrected chi connectivity index (χ2v) is 5.73. The van der Waals surface area contributed by atoms with Crippen molar-refractivity contribution in [3.8, 4) is 0 Å². The first-order valence-electron chi connectivity index (χ1n) is 7.29. The molecule has 2 aromatic rings. The molecule has 0 aliphatic heterocycles. The van der Waals surface area contributed by atoms with Crippen LogP contribution in [0.25, 0.3) is 0 Å². The molecule has 1 aliphatic rings. The van der Waals surface area contributed by atoms with Crippen molar-refractivity contribution in [1.29, 1.82) is 0 Å². The molecule has 0 bridgehead atoms. The Kier molecular flexibility index (Phi) is 3.67. The van der Waals surface area contributed by atoms with Gasteiger partial charge in [-0.2, -0.15) is 0 Å². The monoisotopic (exact) mass is 294 g/mol. The fourth-order valence-corrected chi connectivity index (χ4v) is 3.64. The van der Waals surface area contributed by atoms with Gasteiger partial charge in [0.1, 0.15) is 0 Å². The standard InChI is InChI=1S/C18H18N2O2/c19-17(21)15-13(11-7-3-1-4-8-11)14(16(15)18(20)22)12-9-5-2-6-10-12/h1-10,13-16H,(H2,19,21)(H2,20,22)/t13-,14+,15+,16-. The summed E-state index contributed by atoms with van der Waals surface area (Å²) in [6.45, 7) is 0. The maximum absolute atomic E-state index is 11.9. The Morgan fingerprint density at radius 3 is 1.23 bits per heavy atom. The Morgan fingerprint density at radius 1 is 0.636 bits per heavy atom. The molecule has 0 aromatic heterocycles. The number of nitrogens with two attached hydrogens (primary N) is 2. The highest BCUT2D eigenvalue weighted by Gasteiger charge is 2.56. The molecule has 4 N–H and O–H groups in total. The lowest BCUT2D eigenvalue weighted by atomic mass is 9.52. The van der Waals surface area contributed by atoms with Crippen LogP contribution >= 0.6 is 0 Å². The molecule has 0 radical (unpaired) electrons. The number of benzene rings is 2. The summed E-state index contributed by atoms with van der Waals surface area (Å²) in [5, 5.41) is 0. The van der Waals surface area contributed by atoms with Gasteiger partial charge in [0.2, 0.25) is 11.8 Å². The Bertz CT molecular complexity index is 623. The SMILES string of the molecule is NC(=O)[C@@H]1[C@H](C(N)=O)[C@@H](c2ccccc2)[C@H]1c1ccccc1. The van der Waals surface area contributed by atoms with E-state index in [0.29, 0.717) is 0 Å². The Balaban J connectivity index is 2.07. The largest absolute Gasteiger partial charge is 0.369 e. The molecule has 1 aliphatic carbocycles. The molecule has 0 unspecified atom stereocenters. The lowest BCUT2D eigenvalue weighted by molar-refractivity contribution is -0.140. The third-order valence-electron chi connectivity index (χ3n) is 4.57. The van der Waals surface area contributed by atoms with Gasteiger partial charge >= 0.3 is 0 Å². The van der Waals surface area contributed by atoms with Crippen LogP contribution in [0.2, 0.25) is 0 Å². The first kappa shape index (κ1) is 14.3. The minimum atomic E-state index is -0.551. The molecule has 2 aromatic carbocycles. The van der Waals surface area contributed by atoms with Crippen molar-refractivity contribution in [3.63, 3.8) is 0 Å². The summed E-state index contributed by atoms with van der Waals surface area (Å²) in [4.78, 5) is 23.7. The Hall–Kier alpha value is -2.62. The van der Waals surface area contributed by atoms with Crippen molar-refractivity contribution >= 4 is 11.8 Å². The molecule has 0 spiro atoms. The van der Waals surface area contributed by atoms with Crippen LogP contribution in [0.3, 0.4) is 0 Å². The fraction of sp³-hybridized carbons (Fsp3) is 0.222. The van der Waals surface area contributed by atoms with Gasteiger partial charge in [0.25, 0.3) is 0 Å². The van der Waals surface area contributed by atoms with Crippen molar-refractivity contribution in [2.24, 2.45) is 23.3 Å². The highest BCUT2D eigenvalue weighted by molar-refractivity contribution is 5.90. The second kappa shape index (κ2) is 5.64. The molecule has 4 heteroatoms. The van der Waals surface area contributed by atoms with E-state index in [-0.39, 0.29) is 11.8 Å². The van der Waals surface area contributed by atoms with Crippen molar-refractivity contribution in [3.05, 3.63) is 71.8 Å². The van der Waals surface area contributed by atoms with E-state index >= 15 is 0 Å². The van der Waals surface area contributed by atoms with Crippen molar-refractivity contribution < 1.29 is 9.59 Å². The number of carbonyl (C=O) groups excluding carboxylic acids is 2. The number of hydrogen-bond acceptors (Lipinski definition) is 2. The molecule has 22 heavy (non-hydrogen) atoms.